The lowest BCUT2D eigenvalue weighted by Gasteiger charge is -2.33. The van der Waals surface area contributed by atoms with E-state index >= 15 is 0 Å². The van der Waals surface area contributed by atoms with Crippen molar-refractivity contribution in [2.45, 2.75) is 51.2 Å². The van der Waals surface area contributed by atoms with Crippen LogP contribution in [0.2, 0.25) is 0 Å². The van der Waals surface area contributed by atoms with Gasteiger partial charge in [-0.3, -0.25) is 4.79 Å². The molecule has 1 atom stereocenters. The number of carbonyl (C=O) groups excluding carboxylic acids is 2. The predicted molar refractivity (Wildman–Crippen MR) is 97.0 cm³/mol. The molecule has 1 fully saturated rings. The maximum atomic E-state index is 12.6. The number of likely N-dealkylation sites (tertiary alicyclic amines) is 1. The molecule has 0 bridgehead atoms. The summed E-state index contributed by atoms with van der Waals surface area (Å²) in [6.07, 6.45) is 2.49. The summed E-state index contributed by atoms with van der Waals surface area (Å²) in [5.41, 5.74) is 1.82. The standard InChI is InChI=1S/C17H23N5O3S/c1-4-25-15(24)13-7-5-6-8-21(13)14(23)10-26-17-19-16-18-11(2)9-12(3)22(16)20-17/h9,13H,4-8,10H2,1-3H3/t13-/m1/s1. The van der Waals surface area contributed by atoms with Gasteiger partial charge < -0.3 is 9.64 Å². The summed E-state index contributed by atoms with van der Waals surface area (Å²) in [7, 11) is 0. The number of hydrogen-bond donors (Lipinski definition) is 0. The van der Waals surface area contributed by atoms with Crippen LogP contribution in [0.15, 0.2) is 11.2 Å². The highest BCUT2D eigenvalue weighted by Crippen LogP contribution is 2.21. The summed E-state index contributed by atoms with van der Waals surface area (Å²) in [4.78, 5) is 35.1. The molecule has 0 radical (unpaired) electrons. The van der Waals surface area contributed by atoms with Crippen molar-refractivity contribution in [1.82, 2.24) is 24.5 Å². The highest BCUT2D eigenvalue weighted by molar-refractivity contribution is 7.99. The van der Waals surface area contributed by atoms with Gasteiger partial charge >= 0.3 is 5.97 Å². The van der Waals surface area contributed by atoms with E-state index in [1.54, 1.807) is 16.3 Å². The molecule has 0 N–H and O–H groups in total. The molecule has 0 unspecified atom stereocenters. The van der Waals surface area contributed by atoms with Crippen molar-refractivity contribution in [2.75, 3.05) is 18.9 Å². The molecular weight excluding hydrogens is 354 g/mol. The zero-order chi connectivity index (χ0) is 18.7. The van der Waals surface area contributed by atoms with E-state index in [0.29, 0.717) is 30.5 Å². The molecule has 0 saturated carbocycles. The van der Waals surface area contributed by atoms with E-state index in [0.717, 1.165) is 24.2 Å². The molecule has 3 rings (SSSR count). The first kappa shape index (κ1) is 18.6. The predicted octanol–water partition coefficient (Wildman–Crippen LogP) is 1.78. The van der Waals surface area contributed by atoms with Crippen LogP contribution in [-0.4, -0.2) is 61.3 Å². The summed E-state index contributed by atoms with van der Waals surface area (Å²) in [5.74, 6) is 0.309. The topological polar surface area (TPSA) is 89.7 Å². The van der Waals surface area contributed by atoms with Crippen LogP contribution in [0.25, 0.3) is 5.78 Å². The first-order valence-corrected chi connectivity index (χ1v) is 9.78. The normalized spacial score (nSPS) is 17.5. The number of ether oxygens (including phenoxy) is 1. The van der Waals surface area contributed by atoms with Crippen molar-refractivity contribution in [1.29, 1.82) is 0 Å². The monoisotopic (exact) mass is 377 g/mol. The molecule has 2 aromatic heterocycles. The van der Waals surface area contributed by atoms with Gasteiger partial charge in [0, 0.05) is 17.9 Å². The molecule has 0 aromatic carbocycles. The van der Waals surface area contributed by atoms with Gasteiger partial charge in [0.25, 0.3) is 5.78 Å². The van der Waals surface area contributed by atoms with Gasteiger partial charge in [0.05, 0.1) is 12.4 Å². The molecule has 8 nitrogen and oxygen atoms in total. The minimum atomic E-state index is -0.475. The first-order chi connectivity index (χ1) is 12.5. The Hall–Kier alpha value is -2.16. The van der Waals surface area contributed by atoms with Crippen LogP contribution in [-0.2, 0) is 14.3 Å². The van der Waals surface area contributed by atoms with Crippen molar-refractivity contribution in [2.24, 2.45) is 0 Å². The van der Waals surface area contributed by atoms with Crippen molar-refractivity contribution >= 4 is 29.4 Å². The van der Waals surface area contributed by atoms with Gasteiger partial charge in [-0.25, -0.2) is 14.3 Å². The van der Waals surface area contributed by atoms with E-state index in [9.17, 15) is 9.59 Å². The molecule has 1 amide bonds. The lowest BCUT2D eigenvalue weighted by Crippen LogP contribution is -2.49. The maximum Gasteiger partial charge on any atom is 0.328 e. The van der Waals surface area contributed by atoms with Crippen LogP contribution in [0.4, 0.5) is 0 Å². The number of esters is 1. The SMILES string of the molecule is CCOC(=O)[C@H]1CCCCN1C(=O)CSc1nc2nc(C)cc(C)n2n1. The number of thioether (sulfide) groups is 1. The Morgan fingerprint density at radius 3 is 2.88 bits per heavy atom. The third kappa shape index (κ3) is 3.98. The van der Waals surface area contributed by atoms with Gasteiger partial charge in [0.2, 0.25) is 11.1 Å². The van der Waals surface area contributed by atoms with Crippen LogP contribution in [0, 0.1) is 13.8 Å². The van der Waals surface area contributed by atoms with E-state index in [4.69, 9.17) is 4.74 Å². The summed E-state index contributed by atoms with van der Waals surface area (Å²) < 4.78 is 6.78. The van der Waals surface area contributed by atoms with E-state index in [1.165, 1.54) is 11.8 Å². The Balaban J connectivity index is 1.67. The molecule has 0 aliphatic carbocycles. The highest BCUT2D eigenvalue weighted by atomic mass is 32.2. The lowest BCUT2D eigenvalue weighted by molar-refractivity contribution is -0.155. The van der Waals surface area contributed by atoms with E-state index < -0.39 is 6.04 Å². The Labute approximate surface area is 156 Å². The molecule has 140 valence electrons. The van der Waals surface area contributed by atoms with Gasteiger partial charge in [0.15, 0.2) is 0 Å². The summed E-state index contributed by atoms with van der Waals surface area (Å²) >= 11 is 1.26. The molecule has 0 spiro atoms. The average molecular weight is 377 g/mol. The summed E-state index contributed by atoms with van der Waals surface area (Å²) in [6.45, 7) is 6.53. The van der Waals surface area contributed by atoms with Crippen LogP contribution in [0.3, 0.4) is 0 Å². The molecular formula is C17H23N5O3S. The van der Waals surface area contributed by atoms with E-state index in [-0.39, 0.29) is 17.6 Å². The minimum absolute atomic E-state index is 0.0903. The smallest absolute Gasteiger partial charge is 0.328 e. The minimum Gasteiger partial charge on any atom is -0.464 e. The number of fused-ring (bicyclic) bond motifs is 1. The summed E-state index contributed by atoms with van der Waals surface area (Å²) in [5, 5.41) is 4.90. The average Bonchev–Trinajstić information content (AvgIpc) is 3.03. The second-order valence-electron chi connectivity index (χ2n) is 6.28. The second kappa shape index (κ2) is 8.03. The van der Waals surface area contributed by atoms with Crippen molar-refractivity contribution in [3.05, 3.63) is 17.5 Å². The van der Waals surface area contributed by atoms with Crippen LogP contribution in [0.5, 0.6) is 0 Å². The molecule has 26 heavy (non-hydrogen) atoms. The maximum absolute atomic E-state index is 12.6. The molecule has 1 aliphatic rings. The van der Waals surface area contributed by atoms with Crippen LogP contribution in [0.1, 0.15) is 37.6 Å². The number of nitrogens with zero attached hydrogens (tertiary/aromatic N) is 5. The number of aromatic nitrogens is 4. The van der Waals surface area contributed by atoms with Crippen molar-refractivity contribution in [3.8, 4) is 0 Å². The van der Waals surface area contributed by atoms with Gasteiger partial charge in [0.1, 0.15) is 6.04 Å². The molecule has 9 heteroatoms. The molecule has 1 saturated heterocycles. The Morgan fingerprint density at radius 1 is 1.31 bits per heavy atom. The third-order valence-corrected chi connectivity index (χ3v) is 5.13. The fraction of sp³-hybridized carbons (Fsp3) is 0.588. The van der Waals surface area contributed by atoms with Gasteiger partial charge in [-0.2, -0.15) is 4.98 Å². The quantitative estimate of drug-likeness (QED) is 0.579. The van der Waals surface area contributed by atoms with Crippen molar-refractivity contribution < 1.29 is 14.3 Å². The number of hydrogen-bond acceptors (Lipinski definition) is 7. The van der Waals surface area contributed by atoms with Gasteiger partial charge in [-0.1, -0.05) is 11.8 Å². The second-order valence-corrected chi connectivity index (χ2v) is 7.23. The number of aryl methyl sites for hydroxylation is 2. The first-order valence-electron chi connectivity index (χ1n) is 8.79. The zero-order valence-corrected chi connectivity index (χ0v) is 16.1. The van der Waals surface area contributed by atoms with E-state index in [1.807, 2.05) is 19.9 Å². The Morgan fingerprint density at radius 2 is 2.12 bits per heavy atom. The fourth-order valence-electron chi connectivity index (χ4n) is 3.13. The molecule has 3 heterocycles. The number of carbonyl (C=O) groups is 2. The zero-order valence-electron chi connectivity index (χ0n) is 15.3. The lowest BCUT2D eigenvalue weighted by atomic mass is 10.0. The molecule has 2 aromatic rings. The molecule has 1 aliphatic heterocycles. The Bertz CT molecular complexity index is 822. The highest BCUT2D eigenvalue weighted by Gasteiger charge is 2.33. The van der Waals surface area contributed by atoms with E-state index in [2.05, 4.69) is 15.1 Å². The number of rotatable bonds is 5. The third-order valence-electron chi connectivity index (χ3n) is 4.31. The van der Waals surface area contributed by atoms with Gasteiger partial charge in [-0.05, 0) is 46.1 Å². The fourth-order valence-corrected chi connectivity index (χ4v) is 3.84. The Kier molecular flexibility index (Phi) is 5.75. The van der Waals surface area contributed by atoms with Crippen LogP contribution >= 0.6 is 11.8 Å². The van der Waals surface area contributed by atoms with Gasteiger partial charge in [-0.15, -0.1) is 5.10 Å². The largest absolute Gasteiger partial charge is 0.464 e. The van der Waals surface area contributed by atoms with Crippen LogP contribution < -0.4 is 0 Å². The number of piperidine rings is 1. The van der Waals surface area contributed by atoms with Crippen molar-refractivity contribution in [3.63, 3.8) is 0 Å². The number of amides is 1. The summed E-state index contributed by atoms with van der Waals surface area (Å²) in [6, 6.07) is 1.45.